The van der Waals surface area contributed by atoms with E-state index < -0.39 is 29.7 Å². The van der Waals surface area contributed by atoms with Gasteiger partial charge < -0.3 is 9.47 Å². The molecule has 0 saturated heterocycles. The molecule has 0 aliphatic carbocycles. The number of benzene rings is 1. The summed E-state index contributed by atoms with van der Waals surface area (Å²) in [4.78, 5) is 11.2. The summed E-state index contributed by atoms with van der Waals surface area (Å²) in [6, 6.07) is 2.09. The van der Waals surface area contributed by atoms with Crippen LogP contribution >= 0.6 is 15.9 Å². The van der Waals surface area contributed by atoms with Gasteiger partial charge in [0.25, 0.3) is 0 Å². The third kappa shape index (κ3) is 2.66. The standard InChI is InChI=1S/C9H6BrF3O3/c1-15-8(14)6-4(10)2-3-5(11)7(6)16-9(12)13/h2-3,9H,1H3. The summed E-state index contributed by atoms with van der Waals surface area (Å²) in [5.74, 6) is -2.87. The first-order chi connectivity index (χ1) is 7.47. The van der Waals surface area contributed by atoms with Crippen LogP contribution in [0.3, 0.4) is 0 Å². The van der Waals surface area contributed by atoms with Crippen LogP contribution in [-0.2, 0) is 4.74 Å². The Morgan fingerprint density at radius 3 is 2.56 bits per heavy atom. The predicted octanol–water partition coefficient (Wildman–Crippen LogP) is 2.98. The third-order valence-electron chi connectivity index (χ3n) is 1.66. The number of esters is 1. The Kier molecular flexibility index (Phi) is 4.17. The quantitative estimate of drug-likeness (QED) is 0.805. The molecule has 0 atom stereocenters. The molecular weight excluding hydrogens is 293 g/mol. The molecule has 0 unspecified atom stereocenters. The highest BCUT2D eigenvalue weighted by molar-refractivity contribution is 9.10. The minimum absolute atomic E-state index is 0.108. The van der Waals surface area contributed by atoms with Gasteiger partial charge in [0.05, 0.1) is 7.11 Å². The normalized spacial score (nSPS) is 10.4. The molecular formula is C9H6BrF3O3. The number of ether oxygens (including phenoxy) is 2. The predicted molar refractivity (Wildman–Crippen MR) is 52.1 cm³/mol. The number of rotatable bonds is 3. The maximum Gasteiger partial charge on any atom is 0.387 e. The van der Waals surface area contributed by atoms with Gasteiger partial charge in [-0.15, -0.1) is 0 Å². The van der Waals surface area contributed by atoms with Gasteiger partial charge in [0.1, 0.15) is 5.56 Å². The summed E-state index contributed by atoms with van der Waals surface area (Å²) in [5.41, 5.74) is -0.414. The summed E-state index contributed by atoms with van der Waals surface area (Å²) in [6.45, 7) is -3.23. The van der Waals surface area contributed by atoms with Crippen LogP contribution < -0.4 is 4.74 Å². The Bertz CT molecular complexity index is 409. The van der Waals surface area contributed by atoms with E-state index in [4.69, 9.17) is 0 Å². The molecule has 0 saturated carbocycles. The lowest BCUT2D eigenvalue weighted by molar-refractivity contribution is -0.0528. The van der Waals surface area contributed by atoms with Gasteiger partial charge in [-0.2, -0.15) is 8.78 Å². The monoisotopic (exact) mass is 298 g/mol. The topological polar surface area (TPSA) is 35.5 Å². The van der Waals surface area contributed by atoms with E-state index in [0.717, 1.165) is 13.2 Å². The molecule has 0 radical (unpaired) electrons. The number of hydrogen-bond acceptors (Lipinski definition) is 3. The molecule has 0 spiro atoms. The summed E-state index contributed by atoms with van der Waals surface area (Å²) in [6.07, 6.45) is 0. The lowest BCUT2D eigenvalue weighted by atomic mass is 10.2. The number of halogens is 4. The van der Waals surface area contributed by atoms with Crippen LogP contribution in [0.5, 0.6) is 5.75 Å². The summed E-state index contributed by atoms with van der Waals surface area (Å²) >= 11 is 2.92. The molecule has 1 rings (SSSR count). The molecule has 0 bridgehead atoms. The Hall–Kier alpha value is -1.24. The van der Waals surface area contributed by atoms with Crippen LogP contribution in [0.4, 0.5) is 13.2 Å². The molecule has 7 heteroatoms. The van der Waals surface area contributed by atoms with Crippen molar-refractivity contribution in [2.75, 3.05) is 7.11 Å². The largest absolute Gasteiger partial charge is 0.465 e. The highest BCUT2D eigenvalue weighted by Crippen LogP contribution is 2.31. The molecule has 0 N–H and O–H groups in total. The minimum Gasteiger partial charge on any atom is -0.465 e. The van der Waals surface area contributed by atoms with Gasteiger partial charge >= 0.3 is 12.6 Å². The molecule has 16 heavy (non-hydrogen) atoms. The first-order valence-electron chi connectivity index (χ1n) is 3.98. The van der Waals surface area contributed by atoms with Crippen LogP contribution in [0.25, 0.3) is 0 Å². The zero-order chi connectivity index (χ0) is 12.3. The average Bonchev–Trinajstić information content (AvgIpc) is 2.22. The molecule has 0 aliphatic rings. The molecule has 0 fully saturated rings. The van der Waals surface area contributed by atoms with Crippen molar-refractivity contribution in [1.82, 2.24) is 0 Å². The second-order valence-electron chi connectivity index (χ2n) is 2.60. The van der Waals surface area contributed by atoms with Crippen LogP contribution in [0.15, 0.2) is 16.6 Å². The van der Waals surface area contributed by atoms with Gasteiger partial charge in [0.2, 0.25) is 0 Å². The fraction of sp³-hybridized carbons (Fsp3) is 0.222. The maximum absolute atomic E-state index is 13.2. The van der Waals surface area contributed by atoms with E-state index in [0.29, 0.717) is 0 Å². The smallest absolute Gasteiger partial charge is 0.387 e. The van der Waals surface area contributed by atoms with Gasteiger partial charge in [0, 0.05) is 4.47 Å². The van der Waals surface area contributed by atoms with Crippen molar-refractivity contribution in [2.24, 2.45) is 0 Å². The summed E-state index contributed by atoms with van der Waals surface area (Å²) in [7, 11) is 1.05. The molecule has 88 valence electrons. The molecule has 0 aliphatic heterocycles. The number of carbonyl (C=O) groups excluding carboxylic acids is 1. The van der Waals surface area contributed by atoms with Gasteiger partial charge in [0.15, 0.2) is 11.6 Å². The molecule has 0 aromatic heterocycles. The second kappa shape index (κ2) is 5.20. The van der Waals surface area contributed by atoms with Crippen molar-refractivity contribution in [1.29, 1.82) is 0 Å². The number of hydrogen-bond donors (Lipinski definition) is 0. The minimum atomic E-state index is -3.23. The first kappa shape index (κ1) is 12.8. The Morgan fingerprint density at radius 1 is 1.44 bits per heavy atom. The lowest BCUT2D eigenvalue weighted by Gasteiger charge is -2.11. The number of methoxy groups -OCH3 is 1. The summed E-state index contributed by atoms with van der Waals surface area (Å²) in [5, 5.41) is 0. The number of alkyl halides is 2. The number of carbonyl (C=O) groups is 1. The van der Waals surface area contributed by atoms with E-state index in [2.05, 4.69) is 25.4 Å². The Balaban J connectivity index is 3.31. The van der Waals surface area contributed by atoms with Crippen LogP contribution in [0.1, 0.15) is 10.4 Å². The first-order valence-corrected chi connectivity index (χ1v) is 4.77. The van der Waals surface area contributed by atoms with Gasteiger partial charge in [-0.3, -0.25) is 0 Å². The van der Waals surface area contributed by atoms with E-state index in [-0.39, 0.29) is 4.47 Å². The van der Waals surface area contributed by atoms with Crippen molar-refractivity contribution >= 4 is 21.9 Å². The maximum atomic E-state index is 13.2. The molecule has 3 nitrogen and oxygen atoms in total. The Morgan fingerprint density at radius 2 is 2.06 bits per heavy atom. The van der Waals surface area contributed by atoms with Gasteiger partial charge in [-0.05, 0) is 28.1 Å². The fourth-order valence-electron chi connectivity index (χ4n) is 1.03. The summed E-state index contributed by atoms with van der Waals surface area (Å²) < 4.78 is 45.6. The van der Waals surface area contributed by atoms with Crippen LogP contribution in [-0.4, -0.2) is 19.7 Å². The van der Waals surface area contributed by atoms with Gasteiger partial charge in [-0.1, -0.05) is 0 Å². The zero-order valence-electron chi connectivity index (χ0n) is 7.97. The molecule has 0 amide bonds. The van der Waals surface area contributed by atoms with Crippen molar-refractivity contribution in [3.8, 4) is 5.75 Å². The van der Waals surface area contributed by atoms with E-state index in [9.17, 15) is 18.0 Å². The molecule has 0 heterocycles. The van der Waals surface area contributed by atoms with E-state index >= 15 is 0 Å². The van der Waals surface area contributed by atoms with E-state index in [1.807, 2.05) is 0 Å². The second-order valence-corrected chi connectivity index (χ2v) is 3.46. The zero-order valence-corrected chi connectivity index (χ0v) is 9.55. The van der Waals surface area contributed by atoms with Crippen molar-refractivity contribution in [3.05, 3.63) is 28.0 Å². The SMILES string of the molecule is COC(=O)c1c(Br)ccc(F)c1OC(F)F. The van der Waals surface area contributed by atoms with Crippen molar-refractivity contribution in [3.63, 3.8) is 0 Å². The van der Waals surface area contributed by atoms with E-state index in [1.165, 1.54) is 6.07 Å². The van der Waals surface area contributed by atoms with Crippen molar-refractivity contribution < 1.29 is 27.4 Å². The molecule has 1 aromatic rings. The highest BCUT2D eigenvalue weighted by Gasteiger charge is 2.23. The molecule has 1 aromatic carbocycles. The Labute approximate surface area is 97.3 Å². The fourth-order valence-corrected chi connectivity index (χ4v) is 1.50. The van der Waals surface area contributed by atoms with Crippen LogP contribution in [0.2, 0.25) is 0 Å². The average molecular weight is 299 g/mol. The van der Waals surface area contributed by atoms with Gasteiger partial charge in [-0.25, -0.2) is 9.18 Å². The van der Waals surface area contributed by atoms with Crippen molar-refractivity contribution in [2.45, 2.75) is 6.61 Å². The van der Waals surface area contributed by atoms with Crippen LogP contribution in [0, 0.1) is 5.82 Å². The lowest BCUT2D eigenvalue weighted by Crippen LogP contribution is -2.11. The highest BCUT2D eigenvalue weighted by atomic mass is 79.9. The van der Waals surface area contributed by atoms with E-state index in [1.54, 1.807) is 0 Å². The third-order valence-corrected chi connectivity index (χ3v) is 2.32.